The van der Waals surface area contributed by atoms with Gasteiger partial charge in [0.05, 0.1) is 0 Å². The predicted molar refractivity (Wildman–Crippen MR) is 99.3 cm³/mol. The Morgan fingerprint density at radius 1 is 0.870 bits per heavy atom. The smallest absolute Gasteiger partial charge is 0.0243 e. The van der Waals surface area contributed by atoms with E-state index in [0.29, 0.717) is 0 Å². The van der Waals surface area contributed by atoms with Crippen LogP contribution in [0.2, 0.25) is 0 Å². The lowest BCUT2D eigenvalue weighted by Crippen LogP contribution is -2.11. The topological polar surface area (TPSA) is 0 Å². The first-order chi connectivity index (χ1) is 11.3. The minimum atomic E-state index is 0.731. The zero-order valence-electron chi connectivity index (χ0n) is 13.8. The Morgan fingerprint density at radius 2 is 1.43 bits per heavy atom. The van der Waals surface area contributed by atoms with Gasteiger partial charge in [-0.05, 0) is 73.3 Å². The van der Waals surface area contributed by atoms with Crippen molar-refractivity contribution < 1.29 is 0 Å². The molecule has 0 nitrogen and oxygen atoms in total. The van der Waals surface area contributed by atoms with Crippen molar-refractivity contribution in [1.82, 2.24) is 0 Å². The van der Waals surface area contributed by atoms with Crippen LogP contribution in [-0.4, -0.2) is 0 Å². The molecular weight excluding hydrogens is 276 g/mol. The van der Waals surface area contributed by atoms with Crippen LogP contribution in [0.4, 0.5) is 0 Å². The second-order valence-electron chi connectivity index (χ2n) is 6.48. The van der Waals surface area contributed by atoms with Crippen LogP contribution in [0.3, 0.4) is 0 Å². The first-order valence-corrected chi connectivity index (χ1v) is 8.60. The van der Waals surface area contributed by atoms with Crippen LogP contribution < -0.4 is 0 Å². The molecule has 1 aliphatic carbocycles. The van der Waals surface area contributed by atoms with Gasteiger partial charge in [-0.25, -0.2) is 0 Å². The van der Waals surface area contributed by atoms with Crippen LogP contribution in [0.1, 0.15) is 49.7 Å². The van der Waals surface area contributed by atoms with Gasteiger partial charge in [0.2, 0.25) is 0 Å². The van der Waals surface area contributed by atoms with E-state index in [4.69, 9.17) is 6.42 Å². The van der Waals surface area contributed by atoms with E-state index < -0.39 is 0 Å². The van der Waals surface area contributed by atoms with Crippen LogP contribution in [-0.2, 0) is 0 Å². The maximum atomic E-state index is 5.42. The largest absolute Gasteiger partial charge is 0.115 e. The van der Waals surface area contributed by atoms with Crippen molar-refractivity contribution >= 4 is 0 Å². The molecule has 1 aliphatic rings. The molecule has 0 heterocycles. The summed E-state index contributed by atoms with van der Waals surface area (Å²) in [6, 6.07) is 17.3. The van der Waals surface area contributed by atoms with Gasteiger partial charge in [-0.15, -0.1) is 6.42 Å². The molecule has 0 heteroatoms. The molecule has 0 aromatic heterocycles. The van der Waals surface area contributed by atoms with Crippen LogP contribution >= 0.6 is 0 Å². The van der Waals surface area contributed by atoms with Crippen LogP contribution in [0.25, 0.3) is 11.1 Å². The second kappa shape index (κ2) is 7.34. The fourth-order valence-electron chi connectivity index (χ4n) is 3.62. The summed E-state index contributed by atoms with van der Waals surface area (Å²) in [6.07, 6.45) is 15.3. The number of terminal acetylenes is 1. The van der Waals surface area contributed by atoms with Gasteiger partial charge < -0.3 is 0 Å². The molecule has 0 saturated heterocycles. The third-order valence-electron chi connectivity index (χ3n) is 5.00. The molecule has 2 aromatic rings. The Bertz CT molecular complexity index is 687. The SMILES string of the molecule is C#Cc1ccc(-c2ccc(C3CCC(/C=C/C)CC3)cc2)cc1. The summed E-state index contributed by atoms with van der Waals surface area (Å²) in [5.41, 5.74) is 4.92. The highest BCUT2D eigenvalue weighted by Crippen LogP contribution is 2.36. The lowest BCUT2D eigenvalue weighted by atomic mass is 9.78. The standard InChI is InChI=1S/C23H24/c1-3-5-19-8-12-21(13-9-19)23-16-14-22(15-17-23)20-10-6-18(4-2)7-11-20/h2-3,5-7,10-11,14-17,19,21H,8-9,12-13H2,1H3/b5-3+. The van der Waals surface area contributed by atoms with Crippen molar-refractivity contribution in [3.63, 3.8) is 0 Å². The zero-order chi connectivity index (χ0) is 16.1. The fraction of sp³-hybridized carbons (Fsp3) is 0.304. The van der Waals surface area contributed by atoms with E-state index in [1.807, 2.05) is 12.1 Å². The van der Waals surface area contributed by atoms with Gasteiger partial charge in [-0.2, -0.15) is 0 Å². The summed E-state index contributed by atoms with van der Waals surface area (Å²) in [6.45, 7) is 2.13. The highest BCUT2D eigenvalue weighted by atomic mass is 14.3. The van der Waals surface area contributed by atoms with Crippen molar-refractivity contribution in [3.05, 3.63) is 71.8 Å². The summed E-state index contributed by atoms with van der Waals surface area (Å²) in [4.78, 5) is 0. The van der Waals surface area contributed by atoms with E-state index in [-0.39, 0.29) is 0 Å². The van der Waals surface area contributed by atoms with Crippen molar-refractivity contribution in [3.8, 4) is 23.5 Å². The summed E-state index contributed by atoms with van der Waals surface area (Å²) in [5.74, 6) is 4.19. The Morgan fingerprint density at radius 3 is 1.96 bits per heavy atom. The number of hydrogen-bond acceptors (Lipinski definition) is 0. The molecule has 3 rings (SSSR count). The molecule has 2 aromatic carbocycles. The molecule has 0 atom stereocenters. The van der Waals surface area contributed by atoms with Gasteiger partial charge in [0.1, 0.15) is 0 Å². The number of hydrogen-bond donors (Lipinski definition) is 0. The van der Waals surface area contributed by atoms with Crippen molar-refractivity contribution in [2.45, 2.75) is 38.5 Å². The van der Waals surface area contributed by atoms with E-state index in [0.717, 1.165) is 17.4 Å². The molecule has 116 valence electrons. The van der Waals surface area contributed by atoms with E-state index in [2.05, 4.69) is 61.4 Å². The van der Waals surface area contributed by atoms with Crippen LogP contribution in [0.15, 0.2) is 60.7 Å². The third kappa shape index (κ3) is 3.74. The van der Waals surface area contributed by atoms with E-state index in [9.17, 15) is 0 Å². The highest BCUT2D eigenvalue weighted by molar-refractivity contribution is 5.64. The third-order valence-corrected chi connectivity index (χ3v) is 5.00. The first kappa shape index (κ1) is 15.6. The Kier molecular flexibility index (Phi) is 4.99. The molecule has 0 unspecified atom stereocenters. The normalized spacial score (nSPS) is 21.2. The van der Waals surface area contributed by atoms with E-state index in [1.54, 1.807) is 0 Å². The van der Waals surface area contributed by atoms with Crippen LogP contribution in [0, 0.1) is 18.3 Å². The average molecular weight is 300 g/mol. The molecule has 0 aliphatic heterocycles. The Labute approximate surface area is 140 Å². The monoisotopic (exact) mass is 300 g/mol. The number of allylic oxidation sites excluding steroid dienone is 2. The van der Waals surface area contributed by atoms with Crippen molar-refractivity contribution in [1.29, 1.82) is 0 Å². The van der Waals surface area contributed by atoms with Crippen LogP contribution in [0.5, 0.6) is 0 Å². The Hall–Kier alpha value is -2.26. The first-order valence-electron chi connectivity index (χ1n) is 8.60. The fourth-order valence-corrected chi connectivity index (χ4v) is 3.62. The van der Waals surface area contributed by atoms with Crippen molar-refractivity contribution in [2.24, 2.45) is 5.92 Å². The number of rotatable bonds is 3. The quantitative estimate of drug-likeness (QED) is 0.468. The maximum absolute atomic E-state index is 5.42. The van der Waals surface area contributed by atoms with Gasteiger partial charge in [0.15, 0.2) is 0 Å². The highest BCUT2D eigenvalue weighted by Gasteiger charge is 2.20. The molecule has 0 N–H and O–H groups in total. The summed E-state index contributed by atoms with van der Waals surface area (Å²) >= 11 is 0. The lowest BCUT2D eigenvalue weighted by Gasteiger charge is -2.27. The zero-order valence-corrected chi connectivity index (χ0v) is 13.8. The molecule has 0 spiro atoms. The molecular formula is C23H24. The summed E-state index contributed by atoms with van der Waals surface area (Å²) < 4.78 is 0. The molecule has 1 saturated carbocycles. The molecule has 0 bridgehead atoms. The molecule has 0 amide bonds. The minimum Gasteiger partial charge on any atom is -0.115 e. The molecule has 1 fully saturated rings. The van der Waals surface area contributed by atoms with Gasteiger partial charge >= 0.3 is 0 Å². The van der Waals surface area contributed by atoms with E-state index >= 15 is 0 Å². The summed E-state index contributed by atoms with van der Waals surface area (Å²) in [7, 11) is 0. The summed E-state index contributed by atoms with van der Waals surface area (Å²) in [5, 5.41) is 0. The maximum Gasteiger partial charge on any atom is 0.0243 e. The van der Waals surface area contributed by atoms with E-state index in [1.165, 1.54) is 42.4 Å². The second-order valence-corrected chi connectivity index (χ2v) is 6.48. The van der Waals surface area contributed by atoms with Gasteiger partial charge in [0.25, 0.3) is 0 Å². The number of benzene rings is 2. The predicted octanol–water partition coefficient (Wildman–Crippen LogP) is 6.18. The molecule has 0 radical (unpaired) electrons. The van der Waals surface area contributed by atoms with Gasteiger partial charge in [0, 0.05) is 5.56 Å². The average Bonchev–Trinajstić information content (AvgIpc) is 2.63. The van der Waals surface area contributed by atoms with Gasteiger partial charge in [-0.3, -0.25) is 0 Å². The van der Waals surface area contributed by atoms with Crippen molar-refractivity contribution in [2.75, 3.05) is 0 Å². The minimum absolute atomic E-state index is 0.731. The van der Waals surface area contributed by atoms with Gasteiger partial charge in [-0.1, -0.05) is 54.5 Å². The molecule has 23 heavy (non-hydrogen) atoms. The lowest BCUT2D eigenvalue weighted by molar-refractivity contribution is 0.376. The Balaban J connectivity index is 1.69.